The number of carbonyl (C=O) groups excluding carboxylic acids is 4. The second-order valence-corrected chi connectivity index (χ2v) is 14.0. The van der Waals surface area contributed by atoms with Crippen LogP contribution >= 0.6 is 11.3 Å². The lowest BCUT2D eigenvalue weighted by Gasteiger charge is -2.41. The van der Waals surface area contributed by atoms with E-state index < -0.39 is 67.0 Å². The first-order valence-corrected chi connectivity index (χ1v) is 17.1. The van der Waals surface area contributed by atoms with Gasteiger partial charge in [-0.25, -0.2) is 9.59 Å². The highest BCUT2D eigenvalue weighted by molar-refractivity contribution is 7.09. The number of benzene rings is 2. The molecule has 0 aliphatic carbocycles. The molecular weight excluding hydrogens is 675 g/mol. The number of thiazole rings is 1. The molecule has 270 valence electrons. The van der Waals surface area contributed by atoms with E-state index in [0.717, 1.165) is 20.9 Å². The number of hydrogen-bond acceptors (Lipinski definition) is 8. The third-order valence-corrected chi connectivity index (χ3v) is 8.60. The van der Waals surface area contributed by atoms with Crippen molar-refractivity contribution >= 4 is 35.3 Å². The number of halogens is 3. The van der Waals surface area contributed by atoms with Gasteiger partial charge in [0.1, 0.15) is 18.2 Å². The SMILES string of the molecule is CC(C)(C)OC(=O)N1CCN(C(=O)C(F)(F)F)[C@H](C(=O)N[C@H](CC[C@H](Cc2ccccc2)NC(=O)OCc2cncs2)Cc2ccccc2)C1. The van der Waals surface area contributed by atoms with Crippen LogP contribution in [0.5, 0.6) is 0 Å². The minimum Gasteiger partial charge on any atom is -0.444 e. The summed E-state index contributed by atoms with van der Waals surface area (Å²) in [7, 11) is 0. The Labute approximate surface area is 293 Å². The monoisotopic (exact) mass is 717 g/mol. The number of ether oxygens (including phenoxy) is 2. The molecule has 11 nitrogen and oxygen atoms in total. The van der Waals surface area contributed by atoms with Crippen LogP contribution in [-0.4, -0.2) is 88.3 Å². The molecule has 3 aromatic rings. The van der Waals surface area contributed by atoms with Gasteiger partial charge in [0.25, 0.3) is 0 Å². The molecule has 2 aromatic carbocycles. The Morgan fingerprint density at radius 3 is 2.00 bits per heavy atom. The summed E-state index contributed by atoms with van der Waals surface area (Å²) in [5, 5.41) is 5.78. The number of aromatic nitrogens is 1. The van der Waals surface area contributed by atoms with Crippen molar-refractivity contribution in [3.63, 3.8) is 0 Å². The molecule has 4 rings (SSSR count). The van der Waals surface area contributed by atoms with Gasteiger partial charge in [-0.1, -0.05) is 60.7 Å². The highest BCUT2D eigenvalue weighted by Gasteiger charge is 2.48. The van der Waals surface area contributed by atoms with Crippen molar-refractivity contribution in [1.82, 2.24) is 25.4 Å². The Morgan fingerprint density at radius 2 is 1.48 bits per heavy atom. The zero-order valence-corrected chi connectivity index (χ0v) is 29.0. The van der Waals surface area contributed by atoms with Crippen LogP contribution in [0.2, 0.25) is 0 Å². The molecule has 1 aliphatic rings. The molecule has 1 saturated heterocycles. The van der Waals surface area contributed by atoms with Crippen LogP contribution in [0, 0.1) is 0 Å². The fourth-order valence-corrected chi connectivity index (χ4v) is 6.02. The first-order valence-electron chi connectivity index (χ1n) is 16.2. The van der Waals surface area contributed by atoms with Crippen LogP contribution in [0.3, 0.4) is 0 Å². The summed E-state index contributed by atoms with van der Waals surface area (Å²) >= 11 is 1.35. The van der Waals surface area contributed by atoms with Crippen molar-refractivity contribution < 1.29 is 41.8 Å². The van der Waals surface area contributed by atoms with E-state index in [4.69, 9.17) is 9.47 Å². The number of nitrogens with zero attached hydrogens (tertiary/aromatic N) is 3. The van der Waals surface area contributed by atoms with Crippen LogP contribution < -0.4 is 10.6 Å². The Kier molecular flexibility index (Phi) is 13.2. The van der Waals surface area contributed by atoms with Gasteiger partial charge in [-0.15, -0.1) is 11.3 Å². The Hall–Kier alpha value is -4.66. The number of alkyl carbamates (subject to hydrolysis) is 1. The smallest absolute Gasteiger partial charge is 0.444 e. The molecular formula is C35H42F3N5O6S. The van der Waals surface area contributed by atoms with Crippen molar-refractivity contribution in [3.8, 4) is 0 Å². The van der Waals surface area contributed by atoms with Crippen molar-refractivity contribution in [3.05, 3.63) is 88.4 Å². The molecule has 1 fully saturated rings. The summed E-state index contributed by atoms with van der Waals surface area (Å²) in [6.07, 6.45) is -3.61. The molecule has 0 unspecified atom stereocenters. The van der Waals surface area contributed by atoms with E-state index in [1.807, 2.05) is 60.7 Å². The second kappa shape index (κ2) is 17.3. The van der Waals surface area contributed by atoms with E-state index in [1.165, 1.54) is 11.3 Å². The zero-order valence-electron chi connectivity index (χ0n) is 28.2. The second-order valence-electron chi connectivity index (χ2n) is 13.0. The Balaban J connectivity index is 1.53. The molecule has 0 bridgehead atoms. The summed E-state index contributed by atoms with van der Waals surface area (Å²) in [4.78, 5) is 58.4. The maximum atomic E-state index is 13.9. The Bertz CT molecular complexity index is 1550. The zero-order chi connectivity index (χ0) is 36.3. The predicted octanol–water partition coefficient (Wildman–Crippen LogP) is 5.50. The summed E-state index contributed by atoms with van der Waals surface area (Å²) in [5.41, 5.74) is 2.56. The average Bonchev–Trinajstić information content (AvgIpc) is 3.59. The molecule has 1 aliphatic heterocycles. The average molecular weight is 718 g/mol. The summed E-state index contributed by atoms with van der Waals surface area (Å²) in [6.45, 7) is 3.76. The van der Waals surface area contributed by atoms with Gasteiger partial charge in [-0.05, 0) is 57.6 Å². The maximum absolute atomic E-state index is 13.9. The number of alkyl halides is 3. The highest BCUT2D eigenvalue weighted by atomic mass is 32.1. The molecule has 0 saturated carbocycles. The number of piperazine rings is 1. The lowest BCUT2D eigenvalue weighted by atomic mass is 9.95. The van der Waals surface area contributed by atoms with Gasteiger partial charge in [-0.3, -0.25) is 14.6 Å². The van der Waals surface area contributed by atoms with Crippen molar-refractivity contribution in [2.75, 3.05) is 19.6 Å². The standard InChI is InChI=1S/C35H42F3N5O6S/c1-34(2,3)49-33(47)42-16-17-43(31(45)35(36,37)38)29(21-42)30(44)40-26(18-24-10-6-4-7-11-24)14-15-27(19-25-12-8-5-9-13-25)41-32(46)48-22-28-20-39-23-50-28/h4-13,20,23,26-27,29H,14-19,21-22H2,1-3H3,(H,40,44)(H,41,46)/t26-,27-,29+/m1/s1. The van der Waals surface area contributed by atoms with Crippen LogP contribution in [-0.2, 0) is 38.5 Å². The third kappa shape index (κ3) is 12.0. The molecule has 50 heavy (non-hydrogen) atoms. The first kappa shape index (κ1) is 38.1. The highest BCUT2D eigenvalue weighted by Crippen LogP contribution is 2.24. The Morgan fingerprint density at radius 1 is 0.900 bits per heavy atom. The van der Waals surface area contributed by atoms with Crippen molar-refractivity contribution in [2.45, 2.75) is 83.0 Å². The van der Waals surface area contributed by atoms with Gasteiger partial charge < -0.3 is 29.9 Å². The van der Waals surface area contributed by atoms with E-state index in [-0.39, 0.29) is 13.2 Å². The number of carbonyl (C=O) groups is 4. The lowest BCUT2D eigenvalue weighted by molar-refractivity contribution is -0.190. The predicted molar refractivity (Wildman–Crippen MR) is 180 cm³/mol. The topological polar surface area (TPSA) is 130 Å². The van der Waals surface area contributed by atoms with E-state index in [2.05, 4.69) is 15.6 Å². The van der Waals surface area contributed by atoms with Gasteiger partial charge in [0.15, 0.2) is 0 Å². The number of rotatable bonds is 12. The molecule has 4 amide bonds. The van der Waals surface area contributed by atoms with E-state index in [1.54, 1.807) is 32.5 Å². The minimum absolute atomic E-state index is 0.0517. The summed E-state index contributed by atoms with van der Waals surface area (Å²) in [5.74, 6) is -3.00. The molecule has 1 aromatic heterocycles. The largest absolute Gasteiger partial charge is 0.471 e. The molecule has 2 N–H and O–H groups in total. The van der Waals surface area contributed by atoms with Gasteiger partial charge in [0, 0.05) is 31.4 Å². The van der Waals surface area contributed by atoms with Gasteiger partial charge in [0.05, 0.1) is 16.9 Å². The molecule has 15 heteroatoms. The van der Waals surface area contributed by atoms with Crippen LogP contribution in [0.4, 0.5) is 22.8 Å². The van der Waals surface area contributed by atoms with E-state index >= 15 is 0 Å². The number of amides is 4. The molecule has 0 radical (unpaired) electrons. The van der Waals surface area contributed by atoms with Crippen molar-refractivity contribution in [2.24, 2.45) is 0 Å². The normalized spacial score (nSPS) is 16.2. The van der Waals surface area contributed by atoms with E-state index in [0.29, 0.717) is 30.6 Å². The van der Waals surface area contributed by atoms with E-state index in [9.17, 15) is 32.3 Å². The van der Waals surface area contributed by atoms with Crippen LogP contribution in [0.25, 0.3) is 0 Å². The van der Waals surface area contributed by atoms with Gasteiger partial charge >= 0.3 is 24.3 Å². The van der Waals surface area contributed by atoms with Gasteiger partial charge in [0.2, 0.25) is 5.91 Å². The molecule has 0 spiro atoms. The third-order valence-electron chi connectivity index (χ3n) is 7.85. The summed E-state index contributed by atoms with van der Waals surface area (Å²) < 4.78 is 51.7. The van der Waals surface area contributed by atoms with Crippen molar-refractivity contribution in [1.29, 1.82) is 0 Å². The fraction of sp³-hybridized carbons (Fsp3) is 0.457. The minimum atomic E-state index is -5.22. The molecule has 3 atom stereocenters. The maximum Gasteiger partial charge on any atom is 0.471 e. The van der Waals surface area contributed by atoms with Crippen LogP contribution in [0.15, 0.2) is 72.4 Å². The lowest BCUT2D eigenvalue weighted by Crippen LogP contribution is -2.64. The number of hydrogen-bond donors (Lipinski definition) is 2. The summed E-state index contributed by atoms with van der Waals surface area (Å²) in [6, 6.07) is 16.0. The molecule has 2 heterocycles. The van der Waals surface area contributed by atoms with Crippen LogP contribution in [0.1, 0.15) is 49.6 Å². The quantitative estimate of drug-likeness (QED) is 0.253. The fourth-order valence-electron chi connectivity index (χ4n) is 5.51. The van der Waals surface area contributed by atoms with Gasteiger partial charge in [-0.2, -0.15) is 13.2 Å². The first-order chi connectivity index (χ1) is 23.7. The number of nitrogens with one attached hydrogen (secondary N) is 2.